The van der Waals surface area contributed by atoms with Crippen LogP contribution in [0.1, 0.15) is 26.2 Å². The standard InChI is InChI=1S/C18H22FN3O3/c1-13(25-12-16-7-2-3-10-24-16)18(23)21-17-8-9-20-22(17)15-6-4-5-14(19)11-15/h4-6,8-9,11,13,16H,2-3,7,10,12H2,1H3,(H,21,23). The molecule has 0 bridgehead atoms. The highest BCUT2D eigenvalue weighted by atomic mass is 19.1. The lowest BCUT2D eigenvalue weighted by Crippen LogP contribution is -2.33. The number of anilines is 1. The molecular weight excluding hydrogens is 325 g/mol. The summed E-state index contributed by atoms with van der Waals surface area (Å²) in [5.41, 5.74) is 0.532. The Labute approximate surface area is 145 Å². The molecule has 3 rings (SSSR count). The molecule has 2 unspecified atom stereocenters. The Hall–Kier alpha value is -2.25. The summed E-state index contributed by atoms with van der Waals surface area (Å²) in [5, 5.41) is 6.90. The molecule has 0 spiro atoms. The Kier molecular flexibility index (Phi) is 5.78. The molecule has 2 heterocycles. The number of hydrogen-bond donors (Lipinski definition) is 1. The van der Waals surface area contributed by atoms with Gasteiger partial charge in [-0.3, -0.25) is 4.79 Å². The largest absolute Gasteiger partial charge is 0.376 e. The highest BCUT2D eigenvalue weighted by Gasteiger charge is 2.20. The van der Waals surface area contributed by atoms with Crippen LogP contribution >= 0.6 is 0 Å². The van der Waals surface area contributed by atoms with E-state index in [2.05, 4.69) is 10.4 Å². The molecule has 2 aromatic rings. The van der Waals surface area contributed by atoms with Gasteiger partial charge < -0.3 is 14.8 Å². The number of aromatic nitrogens is 2. The van der Waals surface area contributed by atoms with E-state index in [4.69, 9.17) is 9.47 Å². The van der Waals surface area contributed by atoms with Crippen molar-refractivity contribution in [2.75, 3.05) is 18.5 Å². The highest BCUT2D eigenvalue weighted by molar-refractivity contribution is 5.93. The first-order valence-electron chi connectivity index (χ1n) is 8.47. The lowest BCUT2D eigenvalue weighted by molar-refractivity contribution is -0.130. The number of nitrogens with zero attached hydrogens (tertiary/aromatic N) is 2. The molecule has 134 valence electrons. The van der Waals surface area contributed by atoms with E-state index in [1.54, 1.807) is 31.3 Å². The van der Waals surface area contributed by atoms with Gasteiger partial charge in [0.25, 0.3) is 5.91 Å². The molecule has 0 radical (unpaired) electrons. The third kappa shape index (κ3) is 4.64. The minimum atomic E-state index is -0.624. The maximum Gasteiger partial charge on any atom is 0.254 e. The molecule has 0 saturated carbocycles. The van der Waals surface area contributed by atoms with Gasteiger partial charge in [0.05, 0.1) is 24.6 Å². The number of nitrogens with one attached hydrogen (secondary N) is 1. The van der Waals surface area contributed by atoms with Crippen molar-refractivity contribution in [1.82, 2.24) is 9.78 Å². The van der Waals surface area contributed by atoms with Crippen LogP contribution in [0.3, 0.4) is 0 Å². The van der Waals surface area contributed by atoms with Crippen molar-refractivity contribution in [2.45, 2.75) is 38.4 Å². The van der Waals surface area contributed by atoms with Crippen LogP contribution in [0.4, 0.5) is 10.2 Å². The summed E-state index contributed by atoms with van der Waals surface area (Å²) in [6.45, 7) is 2.85. The molecule has 25 heavy (non-hydrogen) atoms. The van der Waals surface area contributed by atoms with E-state index in [0.717, 1.165) is 25.9 Å². The number of carbonyl (C=O) groups excluding carboxylic acids is 1. The first kappa shape index (κ1) is 17.6. The Bertz CT molecular complexity index is 713. The maximum absolute atomic E-state index is 13.4. The summed E-state index contributed by atoms with van der Waals surface area (Å²) in [7, 11) is 0. The number of amides is 1. The van der Waals surface area contributed by atoms with Crippen LogP contribution in [-0.4, -0.2) is 41.1 Å². The van der Waals surface area contributed by atoms with Gasteiger partial charge in [-0.15, -0.1) is 0 Å². The molecule has 1 aromatic carbocycles. The Morgan fingerprint density at radius 2 is 2.36 bits per heavy atom. The molecule has 1 aliphatic rings. The fourth-order valence-electron chi connectivity index (χ4n) is 2.71. The van der Waals surface area contributed by atoms with Crippen LogP contribution in [0.5, 0.6) is 0 Å². The van der Waals surface area contributed by atoms with E-state index in [1.165, 1.54) is 16.8 Å². The van der Waals surface area contributed by atoms with Gasteiger partial charge in [-0.1, -0.05) is 6.07 Å². The van der Waals surface area contributed by atoms with Crippen molar-refractivity contribution in [1.29, 1.82) is 0 Å². The van der Waals surface area contributed by atoms with Gasteiger partial charge in [-0.05, 0) is 44.4 Å². The minimum Gasteiger partial charge on any atom is -0.376 e. The summed E-state index contributed by atoms with van der Waals surface area (Å²) in [6, 6.07) is 7.66. The molecule has 7 heteroatoms. The lowest BCUT2D eigenvalue weighted by atomic mass is 10.1. The van der Waals surface area contributed by atoms with Crippen molar-refractivity contribution >= 4 is 11.7 Å². The second-order valence-corrected chi connectivity index (χ2v) is 6.06. The zero-order chi connectivity index (χ0) is 17.6. The molecule has 1 amide bonds. The van der Waals surface area contributed by atoms with Gasteiger partial charge in [0.1, 0.15) is 17.7 Å². The third-order valence-corrected chi connectivity index (χ3v) is 4.12. The number of rotatable bonds is 6. The molecule has 1 aliphatic heterocycles. The number of benzene rings is 1. The van der Waals surface area contributed by atoms with E-state index in [1.807, 2.05) is 0 Å². The highest BCUT2D eigenvalue weighted by Crippen LogP contribution is 2.17. The second kappa shape index (κ2) is 8.22. The maximum atomic E-state index is 13.4. The van der Waals surface area contributed by atoms with E-state index in [9.17, 15) is 9.18 Å². The molecular formula is C18H22FN3O3. The SMILES string of the molecule is CC(OCC1CCCCO1)C(=O)Nc1ccnn1-c1cccc(F)c1. The molecule has 1 aromatic heterocycles. The van der Waals surface area contributed by atoms with E-state index >= 15 is 0 Å². The number of halogens is 1. The second-order valence-electron chi connectivity index (χ2n) is 6.06. The van der Waals surface area contributed by atoms with Crippen molar-refractivity contribution < 1.29 is 18.7 Å². The Morgan fingerprint density at radius 3 is 3.12 bits per heavy atom. The normalized spacial score (nSPS) is 18.7. The van der Waals surface area contributed by atoms with E-state index in [0.29, 0.717) is 18.1 Å². The Morgan fingerprint density at radius 1 is 1.48 bits per heavy atom. The zero-order valence-corrected chi connectivity index (χ0v) is 14.2. The average molecular weight is 347 g/mol. The summed E-state index contributed by atoms with van der Waals surface area (Å²) in [5.74, 6) is -0.191. The molecule has 6 nitrogen and oxygen atoms in total. The third-order valence-electron chi connectivity index (χ3n) is 4.12. The van der Waals surface area contributed by atoms with Crippen LogP contribution in [-0.2, 0) is 14.3 Å². The van der Waals surface area contributed by atoms with Crippen molar-refractivity contribution in [3.05, 3.63) is 42.3 Å². The van der Waals surface area contributed by atoms with Gasteiger partial charge in [-0.2, -0.15) is 5.10 Å². The summed E-state index contributed by atoms with van der Waals surface area (Å²) in [6.07, 6.45) is 4.14. The van der Waals surface area contributed by atoms with Crippen LogP contribution in [0, 0.1) is 5.82 Å². The van der Waals surface area contributed by atoms with Crippen LogP contribution in [0.15, 0.2) is 36.5 Å². The average Bonchev–Trinajstić information content (AvgIpc) is 3.08. The summed E-state index contributed by atoms with van der Waals surface area (Å²) in [4.78, 5) is 12.3. The quantitative estimate of drug-likeness (QED) is 0.873. The molecule has 1 N–H and O–H groups in total. The van der Waals surface area contributed by atoms with E-state index < -0.39 is 6.10 Å². The minimum absolute atomic E-state index is 0.0572. The van der Waals surface area contributed by atoms with Crippen LogP contribution in [0.25, 0.3) is 5.69 Å². The molecule has 0 aliphatic carbocycles. The fourth-order valence-corrected chi connectivity index (χ4v) is 2.71. The first-order chi connectivity index (χ1) is 12.1. The lowest BCUT2D eigenvalue weighted by Gasteiger charge is -2.23. The van der Waals surface area contributed by atoms with Crippen LogP contribution in [0.2, 0.25) is 0 Å². The van der Waals surface area contributed by atoms with Gasteiger partial charge >= 0.3 is 0 Å². The zero-order valence-electron chi connectivity index (χ0n) is 14.2. The van der Waals surface area contributed by atoms with Crippen LogP contribution < -0.4 is 5.32 Å². The van der Waals surface area contributed by atoms with E-state index in [-0.39, 0.29) is 17.8 Å². The summed E-state index contributed by atoms with van der Waals surface area (Å²) < 4.78 is 26.1. The number of carbonyl (C=O) groups is 1. The summed E-state index contributed by atoms with van der Waals surface area (Å²) >= 11 is 0. The molecule has 1 saturated heterocycles. The topological polar surface area (TPSA) is 65.4 Å². The van der Waals surface area contributed by atoms with Gasteiger partial charge in [0, 0.05) is 12.7 Å². The first-order valence-corrected chi connectivity index (χ1v) is 8.47. The smallest absolute Gasteiger partial charge is 0.254 e. The number of ether oxygens (including phenoxy) is 2. The van der Waals surface area contributed by atoms with Gasteiger partial charge in [0.2, 0.25) is 0 Å². The Balaban J connectivity index is 1.58. The molecule has 2 atom stereocenters. The predicted molar refractivity (Wildman–Crippen MR) is 91.2 cm³/mol. The molecule has 1 fully saturated rings. The van der Waals surface area contributed by atoms with Gasteiger partial charge in [-0.25, -0.2) is 9.07 Å². The predicted octanol–water partition coefficient (Wildman–Crippen LogP) is 2.92. The van der Waals surface area contributed by atoms with Gasteiger partial charge in [0.15, 0.2) is 0 Å². The van der Waals surface area contributed by atoms with Crippen molar-refractivity contribution in [2.24, 2.45) is 0 Å². The van der Waals surface area contributed by atoms with Crippen molar-refractivity contribution in [3.63, 3.8) is 0 Å². The van der Waals surface area contributed by atoms with Crippen molar-refractivity contribution in [3.8, 4) is 5.69 Å². The fraction of sp³-hybridized carbons (Fsp3) is 0.444. The monoisotopic (exact) mass is 347 g/mol. The number of hydrogen-bond acceptors (Lipinski definition) is 4.